The van der Waals surface area contributed by atoms with Crippen molar-refractivity contribution in [1.29, 1.82) is 0 Å². The molecule has 31 heavy (non-hydrogen) atoms. The van der Waals surface area contributed by atoms with E-state index in [1.165, 1.54) is 24.5 Å². The molecule has 0 radical (unpaired) electrons. The first kappa shape index (κ1) is 20.5. The smallest absolute Gasteiger partial charge is 0.387 e. The fourth-order valence-electron chi connectivity index (χ4n) is 2.66. The van der Waals surface area contributed by atoms with Gasteiger partial charge in [0.2, 0.25) is 5.89 Å². The minimum absolute atomic E-state index is 0.0476. The number of benzene rings is 2. The minimum Gasteiger partial charge on any atom is -0.459 e. The fourth-order valence-corrected chi connectivity index (χ4v) is 2.83. The predicted octanol–water partition coefficient (Wildman–Crippen LogP) is 5.64. The summed E-state index contributed by atoms with van der Waals surface area (Å²) in [5, 5.41) is 10.1. The van der Waals surface area contributed by atoms with Crippen LogP contribution >= 0.6 is 11.6 Å². The number of aromatic nitrogens is 2. The highest BCUT2D eigenvalue weighted by atomic mass is 35.5. The molecule has 1 N–H and O–H groups in total. The monoisotopic (exact) mass is 449 g/mol. The van der Waals surface area contributed by atoms with Crippen molar-refractivity contribution in [3.8, 4) is 28.9 Å². The summed E-state index contributed by atoms with van der Waals surface area (Å²) in [6, 6.07) is 10.5. The number of alkyl halides is 2. The minimum atomic E-state index is -3.16. The lowest BCUT2D eigenvalue weighted by molar-refractivity contribution is -0.0501. The maximum absolute atomic E-state index is 14.3. The molecule has 4 rings (SSSR count). The lowest BCUT2D eigenvalue weighted by Gasteiger charge is -2.12. The van der Waals surface area contributed by atoms with Crippen molar-refractivity contribution in [1.82, 2.24) is 10.2 Å². The van der Waals surface area contributed by atoms with E-state index in [1.807, 2.05) is 0 Å². The third kappa shape index (κ3) is 4.53. The van der Waals surface area contributed by atoms with Crippen LogP contribution in [0.4, 0.5) is 18.9 Å². The van der Waals surface area contributed by atoms with Gasteiger partial charge in [-0.05, 0) is 48.5 Å². The number of hydrogen-bond acceptors (Lipinski definition) is 6. The van der Waals surface area contributed by atoms with Crippen LogP contribution in [0, 0.1) is 5.82 Å². The third-order valence-electron chi connectivity index (χ3n) is 4.02. The van der Waals surface area contributed by atoms with E-state index in [-0.39, 0.29) is 28.1 Å². The molecule has 0 bridgehead atoms. The third-order valence-corrected chi connectivity index (χ3v) is 4.26. The van der Waals surface area contributed by atoms with Crippen molar-refractivity contribution in [2.45, 2.75) is 6.61 Å². The van der Waals surface area contributed by atoms with E-state index in [9.17, 15) is 18.0 Å². The van der Waals surface area contributed by atoms with Crippen LogP contribution in [0.1, 0.15) is 10.4 Å². The Morgan fingerprint density at radius 3 is 2.65 bits per heavy atom. The van der Waals surface area contributed by atoms with Crippen LogP contribution in [0.2, 0.25) is 5.02 Å². The highest BCUT2D eigenvalue weighted by Crippen LogP contribution is 2.29. The van der Waals surface area contributed by atoms with Crippen LogP contribution in [-0.4, -0.2) is 22.7 Å². The standard InChI is InChI=1S/C20H11ClF3N3O4/c21-11-4-6-15(30-20(23)24)12(9-11)17(28)25-14-8-10(3-5-13(14)22)18-26-27-19(31-18)16-2-1-7-29-16/h1-9,20H,(H,25,28). The molecule has 11 heteroatoms. The van der Waals surface area contributed by atoms with E-state index in [4.69, 9.17) is 20.4 Å². The summed E-state index contributed by atoms with van der Waals surface area (Å²) in [5.74, 6) is -1.58. The van der Waals surface area contributed by atoms with Crippen LogP contribution in [0.3, 0.4) is 0 Å². The van der Waals surface area contributed by atoms with Gasteiger partial charge in [-0.2, -0.15) is 8.78 Å². The van der Waals surface area contributed by atoms with Crippen LogP contribution in [0.15, 0.2) is 63.6 Å². The number of hydrogen-bond donors (Lipinski definition) is 1. The molecule has 2 heterocycles. The van der Waals surface area contributed by atoms with Gasteiger partial charge in [0.1, 0.15) is 11.6 Å². The van der Waals surface area contributed by atoms with Gasteiger partial charge in [0, 0.05) is 10.6 Å². The van der Waals surface area contributed by atoms with Gasteiger partial charge in [0.25, 0.3) is 11.8 Å². The molecule has 158 valence electrons. The summed E-state index contributed by atoms with van der Waals surface area (Å²) >= 11 is 5.85. The zero-order chi connectivity index (χ0) is 22.0. The number of carbonyl (C=O) groups excluding carboxylic acids is 1. The zero-order valence-electron chi connectivity index (χ0n) is 15.3. The number of anilines is 1. The van der Waals surface area contributed by atoms with Gasteiger partial charge in [0.15, 0.2) is 5.76 Å². The molecule has 2 aromatic carbocycles. The van der Waals surface area contributed by atoms with Crippen LogP contribution in [0.5, 0.6) is 5.75 Å². The second-order valence-corrected chi connectivity index (χ2v) is 6.49. The maximum atomic E-state index is 14.3. The first-order valence-corrected chi connectivity index (χ1v) is 9.01. The molecule has 4 aromatic rings. The van der Waals surface area contributed by atoms with Crippen molar-refractivity contribution in [2.24, 2.45) is 0 Å². The molecule has 0 aliphatic carbocycles. The molecule has 0 saturated heterocycles. The summed E-state index contributed by atoms with van der Waals surface area (Å²) in [7, 11) is 0. The Balaban J connectivity index is 1.61. The lowest BCUT2D eigenvalue weighted by Crippen LogP contribution is -2.16. The summed E-state index contributed by atoms with van der Waals surface area (Å²) < 4.78 is 54.6. The summed E-state index contributed by atoms with van der Waals surface area (Å²) in [6.45, 7) is -3.16. The molecule has 2 aromatic heterocycles. The second-order valence-electron chi connectivity index (χ2n) is 6.06. The zero-order valence-corrected chi connectivity index (χ0v) is 16.1. The van der Waals surface area contributed by atoms with Crippen molar-refractivity contribution < 1.29 is 31.5 Å². The van der Waals surface area contributed by atoms with E-state index in [0.29, 0.717) is 11.3 Å². The van der Waals surface area contributed by atoms with Crippen molar-refractivity contribution >= 4 is 23.2 Å². The molecule has 0 aliphatic rings. The number of ether oxygens (including phenoxy) is 1. The van der Waals surface area contributed by atoms with Gasteiger partial charge in [0.05, 0.1) is 17.5 Å². The largest absolute Gasteiger partial charge is 0.459 e. The summed E-state index contributed by atoms with van der Waals surface area (Å²) in [4.78, 5) is 12.6. The molecular formula is C20H11ClF3N3O4. The number of nitrogens with one attached hydrogen (secondary N) is 1. The van der Waals surface area contributed by atoms with Gasteiger partial charge in [-0.3, -0.25) is 4.79 Å². The number of halogens is 4. The number of carbonyl (C=O) groups is 1. The van der Waals surface area contributed by atoms with Crippen LogP contribution < -0.4 is 10.1 Å². The van der Waals surface area contributed by atoms with Crippen molar-refractivity contribution in [2.75, 3.05) is 5.32 Å². The Kier molecular flexibility index (Phi) is 5.63. The topological polar surface area (TPSA) is 90.4 Å². The molecule has 0 atom stereocenters. The van der Waals surface area contributed by atoms with E-state index >= 15 is 0 Å². The lowest BCUT2D eigenvalue weighted by atomic mass is 10.1. The van der Waals surface area contributed by atoms with Crippen molar-refractivity contribution in [3.63, 3.8) is 0 Å². The van der Waals surface area contributed by atoms with Gasteiger partial charge < -0.3 is 18.9 Å². The second kappa shape index (κ2) is 8.52. The van der Waals surface area contributed by atoms with Gasteiger partial charge >= 0.3 is 6.61 Å². The Morgan fingerprint density at radius 2 is 1.90 bits per heavy atom. The first-order valence-electron chi connectivity index (χ1n) is 8.64. The fraction of sp³-hybridized carbons (Fsp3) is 0.0500. The first-order chi connectivity index (χ1) is 14.9. The van der Waals surface area contributed by atoms with Crippen molar-refractivity contribution in [3.05, 3.63) is 71.2 Å². The number of nitrogens with zero attached hydrogens (tertiary/aromatic N) is 2. The molecule has 0 unspecified atom stereocenters. The Morgan fingerprint density at radius 1 is 1.10 bits per heavy atom. The van der Waals surface area contributed by atoms with Gasteiger partial charge in [-0.25, -0.2) is 4.39 Å². The van der Waals surface area contributed by atoms with E-state index < -0.39 is 24.1 Å². The Bertz CT molecular complexity index is 1230. The number of amides is 1. The Hall–Kier alpha value is -3.79. The summed E-state index contributed by atoms with van der Waals surface area (Å²) in [5.41, 5.74) is -0.240. The number of rotatable bonds is 6. The molecular weight excluding hydrogens is 439 g/mol. The highest BCUT2D eigenvalue weighted by molar-refractivity contribution is 6.31. The maximum Gasteiger partial charge on any atom is 0.387 e. The quantitative estimate of drug-likeness (QED) is 0.409. The van der Waals surface area contributed by atoms with Crippen LogP contribution in [0.25, 0.3) is 23.1 Å². The SMILES string of the molecule is O=C(Nc1cc(-c2nnc(-c3ccco3)o2)ccc1F)c1cc(Cl)ccc1OC(F)F. The molecule has 0 spiro atoms. The number of furan rings is 1. The van der Waals surface area contributed by atoms with E-state index in [1.54, 1.807) is 12.1 Å². The predicted molar refractivity (Wildman–Crippen MR) is 103 cm³/mol. The van der Waals surface area contributed by atoms with Gasteiger partial charge in [-0.1, -0.05) is 11.6 Å². The van der Waals surface area contributed by atoms with E-state index in [2.05, 4.69) is 20.3 Å². The van der Waals surface area contributed by atoms with Crippen LogP contribution in [-0.2, 0) is 0 Å². The molecule has 0 fully saturated rings. The molecule has 7 nitrogen and oxygen atoms in total. The molecule has 1 amide bonds. The Labute approximate surface area is 177 Å². The average molecular weight is 450 g/mol. The molecule has 0 aliphatic heterocycles. The highest BCUT2D eigenvalue weighted by Gasteiger charge is 2.19. The summed E-state index contributed by atoms with van der Waals surface area (Å²) in [6.07, 6.45) is 1.44. The van der Waals surface area contributed by atoms with Gasteiger partial charge in [-0.15, -0.1) is 10.2 Å². The normalized spacial score (nSPS) is 11.0. The average Bonchev–Trinajstić information content (AvgIpc) is 3.42. The molecule has 0 saturated carbocycles. The van der Waals surface area contributed by atoms with E-state index in [0.717, 1.165) is 18.2 Å².